The van der Waals surface area contributed by atoms with Gasteiger partial charge in [-0.2, -0.15) is 0 Å². The van der Waals surface area contributed by atoms with Gasteiger partial charge in [-0.1, -0.05) is 0 Å². The molecule has 0 saturated heterocycles. The second-order valence-electron chi connectivity index (χ2n) is 4.65. The Morgan fingerprint density at radius 2 is 2.13 bits per heavy atom. The van der Waals surface area contributed by atoms with E-state index >= 15 is 0 Å². The Hall–Kier alpha value is -2.74. The Labute approximate surface area is 134 Å². The van der Waals surface area contributed by atoms with Gasteiger partial charge in [-0.05, 0) is 24.3 Å². The van der Waals surface area contributed by atoms with Gasteiger partial charge in [0.15, 0.2) is 4.96 Å². The van der Waals surface area contributed by atoms with E-state index in [4.69, 9.17) is 4.74 Å². The van der Waals surface area contributed by atoms with E-state index in [2.05, 4.69) is 10.3 Å². The van der Waals surface area contributed by atoms with Gasteiger partial charge in [0, 0.05) is 18.5 Å². The molecule has 23 heavy (non-hydrogen) atoms. The van der Waals surface area contributed by atoms with E-state index in [1.165, 1.54) is 53.1 Å². The number of nitrogens with zero attached hydrogens (tertiary/aromatic N) is 2. The van der Waals surface area contributed by atoms with Gasteiger partial charge >= 0.3 is 0 Å². The molecule has 6 nitrogen and oxygen atoms in total. The van der Waals surface area contributed by atoms with Crippen LogP contribution in [0, 0.1) is 5.82 Å². The monoisotopic (exact) mass is 333 g/mol. The number of benzene rings is 1. The maximum absolute atomic E-state index is 12.8. The molecule has 0 spiro atoms. The molecule has 3 aromatic rings. The number of hydrogen-bond donors (Lipinski definition) is 1. The molecule has 0 aliphatic heterocycles. The van der Waals surface area contributed by atoms with E-state index in [0.29, 0.717) is 16.4 Å². The quantitative estimate of drug-likeness (QED) is 0.791. The van der Waals surface area contributed by atoms with Crippen molar-refractivity contribution in [1.29, 1.82) is 0 Å². The molecule has 2 aromatic heterocycles. The van der Waals surface area contributed by atoms with Crippen LogP contribution >= 0.6 is 11.3 Å². The Kier molecular flexibility index (Phi) is 4.07. The molecule has 1 amide bonds. The van der Waals surface area contributed by atoms with Crippen molar-refractivity contribution in [1.82, 2.24) is 14.7 Å². The van der Waals surface area contributed by atoms with Crippen LogP contribution in [0.3, 0.4) is 0 Å². The van der Waals surface area contributed by atoms with Gasteiger partial charge in [-0.15, -0.1) is 11.3 Å². The van der Waals surface area contributed by atoms with E-state index in [1.807, 2.05) is 0 Å². The molecule has 0 saturated carbocycles. The molecule has 0 fully saturated rings. The zero-order valence-corrected chi connectivity index (χ0v) is 12.9. The Balaban J connectivity index is 1.87. The van der Waals surface area contributed by atoms with Gasteiger partial charge in [0.25, 0.3) is 11.5 Å². The Morgan fingerprint density at radius 3 is 2.83 bits per heavy atom. The fourth-order valence-corrected chi connectivity index (χ4v) is 2.91. The molecular formula is C15H12FN3O3S. The summed E-state index contributed by atoms with van der Waals surface area (Å²) in [6.45, 7) is 0.0740. The molecule has 0 aliphatic carbocycles. The first-order valence-electron chi connectivity index (χ1n) is 6.69. The third-order valence-corrected chi connectivity index (χ3v) is 3.94. The van der Waals surface area contributed by atoms with Gasteiger partial charge in [0.1, 0.15) is 23.9 Å². The van der Waals surface area contributed by atoms with E-state index in [9.17, 15) is 14.0 Å². The van der Waals surface area contributed by atoms with Crippen molar-refractivity contribution < 1.29 is 13.9 Å². The topological polar surface area (TPSA) is 72.7 Å². The lowest BCUT2D eigenvalue weighted by atomic mass is 10.3. The van der Waals surface area contributed by atoms with Crippen molar-refractivity contribution in [2.75, 3.05) is 7.05 Å². The zero-order chi connectivity index (χ0) is 16.4. The second-order valence-corrected chi connectivity index (χ2v) is 5.48. The number of amides is 1. The summed E-state index contributed by atoms with van der Waals surface area (Å²) in [5.74, 6) is -0.225. The molecule has 0 bridgehead atoms. The highest BCUT2D eigenvalue weighted by Gasteiger charge is 2.14. The molecule has 1 aromatic carbocycles. The number of nitrogens with one attached hydrogen (secondary N) is 1. The molecule has 0 aliphatic rings. The van der Waals surface area contributed by atoms with Crippen LogP contribution in [0.5, 0.6) is 5.75 Å². The lowest BCUT2D eigenvalue weighted by molar-refractivity contribution is 0.0957. The van der Waals surface area contributed by atoms with Crippen molar-refractivity contribution in [2.24, 2.45) is 0 Å². The van der Waals surface area contributed by atoms with Crippen LogP contribution in [0.4, 0.5) is 4.39 Å². The number of fused-ring (bicyclic) bond motifs is 1. The predicted octanol–water partition coefficient (Wildman–Crippen LogP) is 1.83. The van der Waals surface area contributed by atoms with Crippen LogP contribution < -0.4 is 15.6 Å². The minimum absolute atomic E-state index is 0.0740. The summed E-state index contributed by atoms with van der Waals surface area (Å²) in [7, 11) is 1.50. The van der Waals surface area contributed by atoms with E-state index in [-0.39, 0.29) is 29.6 Å². The molecule has 0 unspecified atom stereocenters. The summed E-state index contributed by atoms with van der Waals surface area (Å²) in [5.41, 5.74) is 0.327. The fraction of sp³-hybridized carbons (Fsp3) is 0.133. The molecule has 0 atom stereocenters. The van der Waals surface area contributed by atoms with Gasteiger partial charge in [-0.25, -0.2) is 13.8 Å². The molecular weight excluding hydrogens is 321 g/mol. The minimum Gasteiger partial charge on any atom is -0.487 e. The van der Waals surface area contributed by atoms with Gasteiger partial charge in [-0.3, -0.25) is 9.59 Å². The molecule has 1 N–H and O–H groups in total. The SMILES string of the molecule is CNC(=O)c1csc2nc(COc3ccc(F)cc3)cc(=O)n12. The lowest BCUT2D eigenvalue weighted by Gasteiger charge is -2.06. The van der Waals surface area contributed by atoms with Crippen molar-refractivity contribution in [3.8, 4) is 5.75 Å². The number of halogens is 1. The smallest absolute Gasteiger partial charge is 0.269 e. The predicted molar refractivity (Wildman–Crippen MR) is 83.5 cm³/mol. The zero-order valence-electron chi connectivity index (χ0n) is 12.1. The van der Waals surface area contributed by atoms with Crippen LogP contribution in [0.15, 0.2) is 40.5 Å². The number of aromatic nitrogens is 2. The number of hydrogen-bond acceptors (Lipinski definition) is 5. The first-order chi connectivity index (χ1) is 11.1. The van der Waals surface area contributed by atoms with Crippen LogP contribution in [0.2, 0.25) is 0 Å². The fourth-order valence-electron chi connectivity index (χ4n) is 2.01. The largest absolute Gasteiger partial charge is 0.487 e. The summed E-state index contributed by atoms with van der Waals surface area (Å²) in [6, 6.07) is 6.88. The summed E-state index contributed by atoms with van der Waals surface area (Å²) in [4.78, 5) is 28.6. The van der Waals surface area contributed by atoms with Crippen molar-refractivity contribution in [2.45, 2.75) is 6.61 Å². The summed E-state index contributed by atoms with van der Waals surface area (Å²) >= 11 is 1.20. The van der Waals surface area contributed by atoms with Gasteiger partial charge in [0.05, 0.1) is 5.69 Å². The number of rotatable bonds is 4. The average Bonchev–Trinajstić information content (AvgIpc) is 2.98. The summed E-state index contributed by atoms with van der Waals surface area (Å²) in [6.07, 6.45) is 0. The van der Waals surface area contributed by atoms with Crippen molar-refractivity contribution in [3.63, 3.8) is 0 Å². The van der Waals surface area contributed by atoms with E-state index < -0.39 is 0 Å². The van der Waals surface area contributed by atoms with Crippen LogP contribution in [0.1, 0.15) is 16.2 Å². The number of carbonyl (C=O) groups excluding carboxylic acids is 1. The van der Waals surface area contributed by atoms with Crippen LogP contribution in [-0.2, 0) is 6.61 Å². The molecule has 118 valence electrons. The van der Waals surface area contributed by atoms with Crippen molar-refractivity contribution in [3.05, 3.63) is 63.3 Å². The normalized spacial score (nSPS) is 10.7. The van der Waals surface area contributed by atoms with Crippen molar-refractivity contribution >= 4 is 22.2 Å². The lowest BCUT2D eigenvalue weighted by Crippen LogP contribution is -2.25. The molecule has 2 heterocycles. The highest BCUT2D eigenvalue weighted by Crippen LogP contribution is 2.15. The third kappa shape index (κ3) is 3.07. The van der Waals surface area contributed by atoms with Crippen LogP contribution in [0.25, 0.3) is 4.96 Å². The van der Waals surface area contributed by atoms with Gasteiger partial charge < -0.3 is 10.1 Å². The maximum atomic E-state index is 12.8. The second kappa shape index (κ2) is 6.17. The first kappa shape index (κ1) is 15.2. The third-order valence-electron chi connectivity index (χ3n) is 3.12. The van der Waals surface area contributed by atoms with E-state index in [1.54, 1.807) is 5.38 Å². The maximum Gasteiger partial charge on any atom is 0.269 e. The highest BCUT2D eigenvalue weighted by molar-refractivity contribution is 7.15. The number of carbonyl (C=O) groups is 1. The van der Waals surface area contributed by atoms with E-state index in [0.717, 1.165) is 0 Å². The molecule has 0 radical (unpaired) electrons. The average molecular weight is 333 g/mol. The van der Waals surface area contributed by atoms with Crippen LogP contribution in [-0.4, -0.2) is 22.3 Å². The standard InChI is InChI=1S/C15H12FN3O3S/c1-17-14(21)12-8-23-15-18-10(6-13(20)19(12)15)7-22-11-4-2-9(16)3-5-11/h2-6,8H,7H2,1H3,(H,17,21). The number of thiazole rings is 1. The molecule has 3 rings (SSSR count). The number of ether oxygens (including phenoxy) is 1. The minimum atomic E-state index is -0.354. The summed E-state index contributed by atoms with van der Waals surface area (Å²) in [5, 5.41) is 4.05. The summed E-state index contributed by atoms with van der Waals surface area (Å²) < 4.78 is 19.6. The Morgan fingerprint density at radius 1 is 1.39 bits per heavy atom. The highest BCUT2D eigenvalue weighted by atomic mass is 32.1. The molecule has 8 heteroatoms. The Bertz CT molecular complexity index is 918. The first-order valence-corrected chi connectivity index (χ1v) is 7.57. The van der Waals surface area contributed by atoms with Gasteiger partial charge in [0.2, 0.25) is 0 Å².